The van der Waals surface area contributed by atoms with Gasteiger partial charge in [-0.1, -0.05) is 32.1 Å². The fraction of sp³-hybridized carbons (Fsp3) is 0.500. The van der Waals surface area contributed by atoms with Gasteiger partial charge in [-0.15, -0.1) is 11.3 Å². The second kappa shape index (κ2) is 5.31. The molecule has 18 heavy (non-hydrogen) atoms. The van der Waals surface area contributed by atoms with E-state index in [1.807, 2.05) is 23.5 Å². The van der Waals surface area contributed by atoms with E-state index < -0.39 is 0 Å². The molecule has 1 N–H and O–H groups in total. The van der Waals surface area contributed by atoms with Crippen molar-refractivity contribution in [1.29, 1.82) is 0 Å². The molecule has 1 aromatic heterocycles. The highest BCUT2D eigenvalue weighted by atomic mass is 32.1. The zero-order chi connectivity index (χ0) is 12.4. The monoisotopic (exact) mass is 260 g/mol. The number of fused-ring (bicyclic) bond motifs is 1. The highest BCUT2D eigenvalue weighted by molar-refractivity contribution is 7.19. The molecule has 1 aromatic carbocycles. The van der Waals surface area contributed by atoms with Crippen molar-refractivity contribution in [2.45, 2.75) is 50.9 Å². The average Bonchev–Trinajstić information content (AvgIpc) is 2.71. The standard InChI is InChI=1S/C16H20OS/c17-14-9-8-13-10-15(18-16(13)11-14)12-6-4-2-1-3-5-7-12/h8-12,17H,1-7H2. The molecule has 0 spiro atoms. The Bertz CT molecular complexity index is 521. The summed E-state index contributed by atoms with van der Waals surface area (Å²) in [5.74, 6) is 1.14. The van der Waals surface area contributed by atoms with Gasteiger partial charge < -0.3 is 5.11 Å². The summed E-state index contributed by atoms with van der Waals surface area (Å²) in [5, 5.41) is 10.8. The average molecular weight is 260 g/mol. The van der Waals surface area contributed by atoms with E-state index in [4.69, 9.17) is 0 Å². The number of thiophene rings is 1. The summed E-state index contributed by atoms with van der Waals surface area (Å²) in [6, 6.07) is 8.06. The molecule has 0 unspecified atom stereocenters. The van der Waals surface area contributed by atoms with Crippen LogP contribution in [0.2, 0.25) is 0 Å². The first-order valence-corrected chi connectivity index (χ1v) is 7.87. The van der Waals surface area contributed by atoms with Crippen LogP contribution in [0, 0.1) is 0 Å². The van der Waals surface area contributed by atoms with Gasteiger partial charge in [0.15, 0.2) is 0 Å². The van der Waals surface area contributed by atoms with E-state index in [-0.39, 0.29) is 0 Å². The number of phenols is 1. The lowest BCUT2D eigenvalue weighted by molar-refractivity contribution is 0.460. The lowest BCUT2D eigenvalue weighted by Gasteiger charge is -2.18. The van der Waals surface area contributed by atoms with Crippen LogP contribution in [0.1, 0.15) is 55.7 Å². The fourth-order valence-corrected chi connectivity index (χ4v) is 4.25. The smallest absolute Gasteiger partial charge is 0.117 e. The fourth-order valence-electron chi connectivity index (χ4n) is 2.98. The van der Waals surface area contributed by atoms with E-state index in [2.05, 4.69) is 6.07 Å². The van der Waals surface area contributed by atoms with Crippen LogP contribution >= 0.6 is 11.3 Å². The summed E-state index contributed by atoms with van der Waals surface area (Å²) in [6.07, 6.45) is 9.68. The quantitative estimate of drug-likeness (QED) is 0.724. The van der Waals surface area contributed by atoms with Crippen molar-refractivity contribution >= 4 is 21.4 Å². The third kappa shape index (κ3) is 2.54. The molecule has 2 aromatic rings. The van der Waals surface area contributed by atoms with Crippen molar-refractivity contribution in [3.05, 3.63) is 29.1 Å². The van der Waals surface area contributed by atoms with Gasteiger partial charge in [0.2, 0.25) is 0 Å². The number of hydrogen-bond acceptors (Lipinski definition) is 2. The Morgan fingerprint density at radius 2 is 1.67 bits per heavy atom. The highest BCUT2D eigenvalue weighted by Crippen LogP contribution is 2.38. The number of benzene rings is 1. The van der Waals surface area contributed by atoms with E-state index in [0.29, 0.717) is 5.75 Å². The topological polar surface area (TPSA) is 20.2 Å². The molecule has 0 bridgehead atoms. The first-order valence-electron chi connectivity index (χ1n) is 7.05. The van der Waals surface area contributed by atoms with Gasteiger partial charge in [-0.2, -0.15) is 0 Å². The minimum absolute atomic E-state index is 0.383. The Morgan fingerprint density at radius 1 is 0.944 bits per heavy atom. The van der Waals surface area contributed by atoms with Gasteiger partial charge in [-0.25, -0.2) is 0 Å². The molecule has 1 aliphatic carbocycles. The molecule has 2 heteroatoms. The van der Waals surface area contributed by atoms with Gasteiger partial charge in [-0.05, 0) is 48.4 Å². The first kappa shape index (κ1) is 12.0. The Morgan fingerprint density at radius 3 is 2.44 bits per heavy atom. The normalized spacial score (nSPS) is 18.7. The van der Waals surface area contributed by atoms with Gasteiger partial charge in [0.1, 0.15) is 5.75 Å². The van der Waals surface area contributed by atoms with Crippen LogP contribution in [-0.2, 0) is 0 Å². The lowest BCUT2D eigenvalue weighted by Crippen LogP contribution is -2.00. The van der Waals surface area contributed by atoms with Gasteiger partial charge in [0, 0.05) is 9.58 Å². The number of hydrogen-bond donors (Lipinski definition) is 1. The summed E-state index contributed by atoms with van der Waals surface area (Å²) in [5.41, 5.74) is 0. The maximum absolute atomic E-state index is 9.54. The van der Waals surface area contributed by atoms with E-state index >= 15 is 0 Å². The number of rotatable bonds is 1. The second-order valence-corrected chi connectivity index (χ2v) is 6.53. The maximum atomic E-state index is 9.54. The Balaban J connectivity index is 1.87. The molecule has 3 rings (SSSR count). The molecule has 1 nitrogen and oxygen atoms in total. The molecule has 0 aliphatic heterocycles. The minimum atomic E-state index is 0.383. The summed E-state index contributed by atoms with van der Waals surface area (Å²) in [7, 11) is 0. The molecule has 1 fully saturated rings. The van der Waals surface area contributed by atoms with Crippen molar-refractivity contribution in [2.75, 3.05) is 0 Å². The molecule has 1 aliphatic rings. The van der Waals surface area contributed by atoms with Crippen molar-refractivity contribution in [2.24, 2.45) is 0 Å². The molecule has 1 saturated carbocycles. The van der Waals surface area contributed by atoms with Crippen LogP contribution in [0.25, 0.3) is 10.1 Å². The Kier molecular flexibility index (Phi) is 3.55. The van der Waals surface area contributed by atoms with Crippen molar-refractivity contribution in [3.63, 3.8) is 0 Å². The van der Waals surface area contributed by atoms with Crippen molar-refractivity contribution < 1.29 is 5.11 Å². The third-order valence-electron chi connectivity index (χ3n) is 4.03. The van der Waals surface area contributed by atoms with Gasteiger partial charge in [0.05, 0.1) is 0 Å². The molecular weight excluding hydrogens is 240 g/mol. The van der Waals surface area contributed by atoms with Crippen LogP contribution in [0.3, 0.4) is 0 Å². The largest absolute Gasteiger partial charge is 0.508 e. The van der Waals surface area contributed by atoms with E-state index in [0.717, 1.165) is 5.92 Å². The molecular formula is C16H20OS. The zero-order valence-electron chi connectivity index (χ0n) is 10.7. The lowest BCUT2D eigenvalue weighted by atomic mass is 9.90. The summed E-state index contributed by atoms with van der Waals surface area (Å²) >= 11 is 1.87. The third-order valence-corrected chi connectivity index (χ3v) is 5.29. The van der Waals surface area contributed by atoms with E-state index in [1.165, 1.54) is 59.9 Å². The summed E-state index contributed by atoms with van der Waals surface area (Å²) in [4.78, 5) is 1.53. The molecule has 0 amide bonds. The first-order chi connectivity index (χ1) is 8.83. The van der Waals surface area contributed by atoms with Crippen molar-refractivity contribution in [3.8, 4) is 5.75 Å². The molecule has 0 radical (unpaired) electrons. The van der Waals surface area contributed by atoms with Crippen LogP contribution in [-0.4, -0.2) is 5.11 Å². The van der Waals surface area contributed by atoms with Gasteiger partial charge in [0.25, 0.3) is 0 Å². The van der Waals surface area contributed by atoms with E-state index in [1.54, 1.807) is 6.07 Å². The van der Waals surface area contributed by atoms with Gasteiger partial charge >= 0.3 is 0 Å². The van der Waals surface area contributed by atoms with Crippen LogP contribution in [0.15, 0.2) is 24.3 Å². The molecule has 1 heterocycles. The molecule has 0 atom stereocenters. The van der Waals surface area contributed by atoms with Crippen LogP contribution < -0.4 is 0 Å². The number of aromatic hydroxyl groups is 1. The molecule has 0 saturated heterocycles. The maximum Gasteiger partial charge on any atom is 0.117 e. The van der Waals surface area contributed by atoms with E-state index in [9.17, 15) is 5.11 Å². The summed E-state index contributed by atoms with van der Waals surface area (Å²) in [6.45, 7) is 0. The van der Waals surface area contributed by atoms with Crippen LogP contribution in [0.5, 0.6) is 5.75 Å². The predicted molar refractivity (Wildman–Crippen MR) is 78.5 cm³/mol. The molecule has 96 valence electrons. The van der Waals surface area contributed by atoms with Crippen molar-refractivity contribution in [1.82, 2.24) is 0 Å². The zero-order valence-corrected chi connectivity index (χ0v) is 11.5. The SMILES string of the molecule is Oc1ccc2cc(C3CCCCCCC3)sc2c1. The number of phenolic OH excluding ortho intramolecular Hbond substituents is 1. The van der Waals surface area contributed by atoms with Gasteiger partial charge in [-0.3, -0.25) is 0 Å². The summed E-state index contributed by atoms with van der Waals surface area (Å²) < 4.78 is 1.23. The Labute approximate surface area is 112 Å². The predicted octanol–water partition coefficient (Wildman–Crippen LogP) is 5.43. The van der Waals surface area contributed by atoms with Crippen LogP contribution in [0.4, 0.5) is 0 Å². The second-order valence-electron chi connectivity index (χ2n) is 5.41. The highest BCUT2D eigenvalue weighted by Gasteiger charge is 2.16. The minimum Gasteiger partial charge on any atom is -0.508 e. The Hall–Kier alpha value is -1.02.